The summed E-state index contributed by atoms with van der Waals surface area (Å²) in [4.78, 5) is 18.1. The monoisotopic (exact) mass is 273 g/mol. The van der Waals surface area contributed by atoms with Gasteiger partial charge in [-0.15, -0.1) is 0 Å². The quantitative estimate of drug-likeness (QED) is 0.830. The molecule has 2 heterocycles. The van der Waals surface area contributed by atoms with Gasteiger partial charge in [0.05, 0.1) is 0 Å². The molecule has 1 aliphatic rings. The Bertz CT molecular complexity index is 430. The number of halogens is 3. The Labute approximate surface area is 108 Å². The Balaban J connectivity index is 2.21. The molecular weight excluding hydrogens is 259 g/mol. The van der Waals surface area contributed by atoms with Gasteiger partial charge in [-0.05, 0) is 25.0 Å². The predicted molar refractivity (Wildman–Crippen MR) is 63.8 cm³/mol. The molecule has 1 fully saturated rings. The molecule has 0 atom stereocenters. The van der Waals surface area contributed by atoms with E-state index in [1.807, 2.05) is 0 Å². The number of pyridine rings is 1. The normalized spacial score (nSPS) is 15.6. The lowest BCUT2D eigenvalue weighted by molar-refractivity contribution is -0.118. The Morgan fingerprint density at radius 2 is 2.00 bits per heavy atom. The zero-order chi connectivity index (χ0) is 13.9. The van der Waals surface area contributed by atoms with E-state index in [-0.39, 0.29) is 5.82 Å². The molecule has 0 N–H and O–H groups in total. The number of hydrogen-bond donors (Lipinski definition) is 0. The molecule has 1 aromatic heterocycles. The number of carbonyl (C=O) groups is 1. The SMILES string of the molecule is O=C(N1CCCC1)N(CC(F)(F)F)c1ccccn1. The van der Waals surface area contributed by atoms with Crippen molar-refractivity contribution < 1.29 is 18.0 Å². The molecule has 0 spiro atoms. The highest BCUT2D eigenvalue weighted by Crippen LogP contribution is 2.23. The van der Waals surface area contributed by atoms with Gasteiger partial charge < -0.3 is 4.90 Å². The van der Waals surface area contributed by atoms with Crippen LogP contribution in [0.1, 0.15) is 12.8 Å². The van der Waals surface area contributed by atoms with E-state index in [4.69, 9.17) is 0 Å². The molecule has 2 rings (SSSR count). The maximum Gasteiger partial charge on any atom is 0.406 e. The Morgan fingerprint density at radius 1 is 1.32 bits per heavy atom. The molecule has 1 aromatic rings. The molecule has 19 heavy (non-hydrogen) atoms. The maximum absolute atomic E-state index is 12.6. The Kier molecular flexibility index (Phi) is 3.92. The molecule has 4 nitrogen and oxygen atoms in total. The van der Waals surface area contributed by atoms with Crippen LogP contribution < -0.4 is 4.90 Å². The first-order chi connectivity index (χ1) is 8.97. The van der Waals surface area contributed by atoms with Crippen molar-refractivity contribution in [3.8, 4) is 0 Å². The number of amides is 2. The molecule has 1 saturated heterocycles. The second-order valence-corrected chi connectivity index (χ2v) is 4.37. The molecule has 104 valence electrons. The van der Waals surface area contributed by atoms with E-state index in [1.165, 1.54) is 17.2 Å². The van der Waals surface area contributed by atoms with Gasteiger partial charge in [-0.3, -0.25) is 4.90 Å². The standard InChI is InChI=1S/C12H14F3N3O/c13-12(14,15)9-18(10-5-1-2-6-16-10)11(19)17-7-3-4-8-17/h1-2,5-6H,3-4,7-9H2. The van der Waals surface area contributed by atoms with Gasteiger partial charge >= 0.3 is 12.2 Å². The Hall–Kier alpha value is -1.79. The van der Waals surface area contributed by atoms with Crippen molar-refractivity contribution in [2.45, 2.75) is 19.0 Å². The van der Waals surface area contributed by atoms with Gasteiger partial charge in [0.15, 0.2) is 0 Å². The first-order valence-corrected chi connectivity index (χ1v) is 6.01. The van der Waals surface area contributed by atoms with Crippen LogP contribution >= 0.6 is 0 Å². The molecule has 0 bridgehead atoms. The highest BCUT2D eigenvalue weighted by molar-refractivity contribution is 5.91. The summed E-state index contributed by atoms with van der Waals surface area (Å²) in [6.07, 6.45) is -1.43. The first kappa shape index (κ1) is 13.6. The third-order valence-electron chi connectivity index (χ3n) is 2.87. The lowest BCUT2D eigenvalue weighted by Crippen LogP contribution is -2.46. The summed E-state index contributed by atoms with van der Waals surface area (Å²) in [7, 11) is 0. The van der Waals surface area contributed by atoms with Gasteiger partial charge in [-0.25, -0.2) is 9.78 Å². The second-order valence-electron chi connectivity index (χ2n) is 4.37. The number of rotatable bonds is 2. The molecule has 7 heteroatoms. The average molecular weight is 273 g/mol. The van der Waals surface area contributed by atoms with Crippen molar-refractivity contribution in [1.29, 1.82) is 0 Å². The maximum atomic E-state index is 12.6. The molecule has 0 saturated carbocycles. The first-order valence-electron chi connectivity index (χ1n) is 6.01. The second kappa shape index (κ2) is 5.46. The predicted octanol–water partition coefficient (Wildman–Crippen LogP) is 2.67. The number of likely N-dealkylation sites (tertiary alicyclic amines) is 1. The van der Waals surface area contributed by atoms with E-state index in [2.05, 4.69) is 4.98 Å². The lowest BCUT2D eigenvalue weighted by Gasteiger charge is -2.27. The summed E-state index contributed by atoms with van der Waals surface area (Å²) >= 11 is 0. The van der Waals surface area contributed by atoms with E-state index in [9.17, 15) is 18.0 Å². The number of anilines is 1. The molecule has 0 unspecified atom stereocenters. The van der Waals surface area contributed by atoms with Crippen LogP contribution in [0.5, 0.6) is 0 Å². The number of alkyl halides is 3. The minimum absolute atomic E-state index is 0.0247. The molecule has 0 aromatic carbocycles. The van der Waals surface area contributed by atoms with Crippen molar-refractivity contribution in [1.82, 2.24) is 9.88 Å². The summed E-state index contributed by atoms with van der Waals surface area (Å²) in [6.45, 7) is -0.320. The van der Waals surface area contributed by atoms with Crippen LogP contribution in [0.4, 0.5) is 23.8 Å². The zero-order valence-corrected chi connectivity index (χ0v) is 10.2. The van der Waals surface area contributed by atoms with Crippen LogP contribution in [0.2, 0.25) is 0 Å². The molecule has 2 amide bonds. The lowest BCUT2D eigenvalue weighted by atomic mass is 10.4. The summed E-state index contributed by atoms with van der Waals surface area (Å²) in [5.41, 5.74) is 0. The van der Waals surface area contributed by atoms with Gasteiger partial charge in [0.2, 0.25) is 0 Å². The van der Waals surface area contributed by atoms with Crippen LogP contribution in [0.3, 0.4) is 0 Å². The number of aromatic nitrogens is 1. The third kappa shape index (κ3) is 3.59. The summed E-state index contributed by atoms with van der Waals surface area (Å²) in [5.74, 6) is 0.0247. The van der Waals surface area contributed by atoms with Crippen LogP contribution in [0, 0.1) is 0 Å². The fraction of sp³-hybridized carbons (Fsp3) is 0.500. The number of hydrogen-bond acceptors (Lipinski definition) is 2. The highest BCUT2D eigenvalue weighted by Gasteiger charge is 2.36. The van der Waals surface area contributed by atoms with Gasteiger partial charge in [-0.2, -0.15) is 13.2 Å². The van der Waals surface area contributed by atoms with Gasteiger partial charge in [0, 0.05) is 19.3 Å². The number of carbonyl (C=O) groups excluding carboxylic acids is 1. The smallest absolute Gasteiger partial charge is 0.324 e. The minimum Gasteiger partial charge on any atom is -0.324 e. The minimum atomic E-state index is -4.45. The summed E-state index contributed by atoms with van der Waals surface area (Å²) < 4.78 is 37.8. The number of urea groups is 1. The van der Waals surface area contributed by atoms with E-state index >= 15 is 0 Å². The fourth-order valence-corrected chi connectivity index (χ4v) is 2.02. The van der Waals surface area contributed by atoms with E-state index in [0.29, 0.717) is 18.0 Å². The van der Waals surface area contributed by atoms with Crippen molar-refractivity contribution in [2.24, 2.45) is 0 Å². The summed E-state index contributed by atoms with van der Waals surface area (Å²) in [6, 6.07) is 3.92. The van der Waals surface area contributed by atoms with Gasteiger partial charge in [-0.1, -0.05) is 6.07 Å². The average Bonchev–Trinajstić information content (AvgIpc) is 2.89. The molecule has 0 aliphatic carbocycles. The van der Waals surface area contributed by atoms with Crippen molar-refractivity contribution in [2.75, 3.05) is 24.5 Å². The van der Waals surface area contributed by atoms with Crippen LogP contribution in [-0.4, -0.2) is 41.7 Å². The van der Waals surface area contributed by atoms with Crippen molar-refractivity contribution in [3.63, 3.8) is 0 Å². The summed E-state index contributed by atoms with van der Waals surface area (Å²) in [5, 5.41) is 0. The van der Waals surface area contributed by atoms with Crippen LogP contribution in [0.15, 0.2) is 24.4 Å². The molecular formula is C12H14F3N3O. The number of nitrogens with zero attached hydrogens (tertiary/aromatic N) is 3. The highest BCUT2D eigenvalue weighted by atomic mass is 19.4. The van der Waals surface area contributed by atoms with Gasteiger partial charge in [0.25, 0.3) is 0 Å². The van der Waals surface area contributed by atoms with E-state index < -0.39 is 18.8 Å². The zero-order valence-electron chi connectivity index (χ0n) is 10.2. The van der Waals surface area contributed by atoms with E-state index in [0.717, 1.165) is 12.8 Å². The fourth-order valence-electron chi connectivity index (χ4n) is 2.02. The third-order valence-corrected chi connectivity index (χ3v) is 2.87. The van der Waals surface area contributed by atoms with Crippen LogP contribution in [-0.2, 0) is 0 Å². The van der Waals surface area contributed by atoms with E-state index in [1.54, 1.807) is 12.1 Å². The van der Waals surface area contributed by atoms with Crippen LogP contribution in [0.25, 0.3) is 0 Å². The Morgan fingerprint density at radius 3 is 2.53 bits per heavy atom. The molecule has 1 aliphatic heterocycles. The van der Waals surface area contributed by atoms with Gasteiger partial charge in [0.1, 0.15) is 12.4 Å². The van der Waals surface area contributed by atoms with Crippen molar-refractivity contribution in [3.05, 3.63) is 24.4 Å². The molecule has 0 radical (unpaired) electrons. The largest absolute Gasteiger partial charge is 0.406 e. The topological polar surface area (TPSA) is 36.4 Å². The van der Waals surface area contributed by atoms with Crippen molar-refractivity contribution >= 4 is 11.8 Å².